The Labute approximate surface area is 202 Å². The molecule has 1 aliphatic heterocycles. The maximum Gasteiger partial charge on any atom is 0.312 e. The third-order valence-electron chi connectivity index (χ3n) is 5.83. The van der Waals surface area contributed by atoms with Crippen LogP contribution in [-0.4, -0.2) is 33.8 Å². The molecule has 0 aliphatic carbocycles. The fourth-order valence-corrected chi connectivity index (χ4v) is 4.24. The predicted molar refractivity (Wildman–Crippen MR) is 126 cm³/mol. The number of carbonyl (C=O) groups excluding carboxylic acids is 2. The van der Waals surface area contributed by atoms with E-state index >= 15 is 0 Å². The lowest BCUT2D eigenvalue weighted by Crippen LogP contribution is -2.22. The van der Waals surface area contributed by atoms with Crippen LogP contribution in [0.5, 0.6) is 28.7 Å². The first-order chi connectivity index (χ1) is 17.2. The van der Waals surface area contributed by atoms with E-state index in [0.29, 0.717) is 22.4 Å². The van der Waals surface area contributed by atoms with E-state index < -0.39 is 34.7 Å². The fraction of sp³-hybridized carbons (Fsp3) is 0.115. The second-order valence-corrected chi connectivity index (χ2v) is 8.25. The molecule has 0 bridgehead atoms. The van der Waals surface area contributed by atoms with Gasteiger partial charge in [0, 0.05) is 29.2 Å². The number of primary amides is 1. The molecule has 1 aromatic heterocycles. The summed E-state index contributed by atoms with van der Waals surface area (Å²) in [5.41, 5.74) is 5.86. The largest absolute Gasteiger partial charge is 0.507 e. The van der Waals surface area contributed by atoms with Crippen molar-refractivity contribution < 1.29 is 38.8 Å². The van der Waals surface area contributed by atoms with Crippen LogP contribution in [0.3, 0.4) is 0 Å². The molecular weight excluding hydrogens is 470 g/mol. The van der Waals surface area contributed by atoms with Crippen molar-refractivity contribution in [3.05, 3.63) is 75.9 Å². The summed E-state index contributed by atoms with van der Waals surface area (Å²) in [4.78, 5) is 36.6. The van der Waals surface area contributed by atoms with Crippen molar-refractivity contribution in [1.29, 1.82) is 0 Å². The van der Waals surface area contributed by atoms with Gasteiger partial charge in [0.15, 0.2) is 23.5 Å². The second-order valence-electron chi connectivity index (χ2n) is 8.25. The van der Waals surface area contributed by atoms with E-state index in [1.807, 2.05) is 0 Å². The van der Waals surface area contributed by atoms with Crippen LogP contribution < -0.4 is 20.6 Å². The molecule has 2 heterocycles. The summed E-state index contributed by atoms with van der Waals surface area (Å²) in [5.74, 6) is -2.60. The van der Waals surface area contributed by atoms with E-state index in [-0.39, 0.29) is 41.3 Å². The molecule has 5 rings (SSSR count). The zero-order valence-corrected chi connectivity index (χ0v) is 18.6. The number of ether oxygens (including phenoxy) is 2. The number of hydrogen-bond donors (Lipinski definition) is 4. The lowest BCUT2D eigenvalue weighted by molar-refractivity contribution is -0.135. The van der Waals surface area contributed by atoms with Crippen molar-refractivity contribution in [1.82, 2.24) is 0 Å². The minimum absolute atomic E-state index is 0.000946. The van der Waals surface area contributed by atoms with Gasteiger partial charge in [-0.25, -0.2) is 0 Å². The normalized spacial score (nSPS) is 14.8. The quantitative estimate of drug-likeness (QED) is 0.187. The minimum atomic E-state index is -0.650. The summed E-state index contributed by atoms with van der Waals surface area (Å²) < 4.78 is 16.8. The third-order valence-corrected chi connectivity index (χ3v) is 5.83. The van der Waals surface area contributed by atoms with E-state index in [0.717, 1.165) is 6.07 Å². The fourth-order valence-electron chi connectivity index (χ4n) is 4.24. The Hall–Kier alpha value is -4.99. The van der Waals surface area contributed by atoms with E-state index in [2.05, 4.69) is 0 Å². The van der Waals surface area contributed by atoms with E-state index in [1.165, 1.54) is 24.3 Å². The van der Waals surface area contributed by atoms with Gasteiger partial charge in [0.05, 0.1) is 6.42 Å². The molecule has 1 aliphatic rings. The van der Waals surface area contributed by atoms with Gasteiger partial charge in [-0.2, -0.15) is 0 Å². The number of phenols is 3. The number of phenolic OH excluding ortho intramolecular Hbond substituents is 3. The van der Waals surface area contributed by atoms with Crippen LogP contribution in [0.15, 0.2) is 63.8 Å². The van der Waals surface area contributed by atoms with Crippen LogP contribution in [0.4, 0.5) is 0 Å². The molecule has 1 atom stereocenters. The molecule has 1 unspecified atom stereocenters. The second kappa shape index (κ2) is 8.66. The first-order valence-electron chi connectivity index (χ1n) is 10.8. The highest BCUT2D eigenvalue weighted by atomic mass is 16.5. The molecule has 0 saturated carbocycles. The summed E-state index contributed by atoms with van der Waals surface area (Å²) in [6.45, 7) is -0.332. The Morgan fingerprint density at radius 2 is 1.81 bits per heavy atom. The van der Waals surface area contributed by atoms with Gasteiger partial charge in [-0.1, -0.05) is 12.1 Å². The minimum Gasteiger partial charge on any atom is -0.507 e. The lowest BCUT2D eigenvalue weighted by atomic mass is 9.85. The maximum absolute atomic E-state index is 13.0. The van der Waals surface area contributed by atoms with Crippen molar-refractivity contribution in [2.45, 2.75) is 12.3 Å². The molecule has 3 aromatic carbocycles. The molecule has 5 N–H and O–H groups in total. The smallest absolute Gasteiger partial charge is 0.312 e. The first-order valence-corrected chi connectivity index (χ1v) is 10.8. The van der Waals surface area contributed by atoms with Gasteiger partial charge < -0.3 is 34.9 Å². The SMILES string of the molecule is NC(=O)COc1cccc(C2CC(=O)Oc3cc(O)c4c(=O)cc(-c5ccc(O)c(O)c5)oc4c32)c1. The van der Waals surface area contributed by atoms with Crippen LogP contribution in [0, 0.1) is 0 Å². The Morgan fingerprint density at radius 3 is 2.56 bits per heavy atom. The van der Waals surface area contributed by atoms with Gasteiger partial charge in [0.1, 0.15) is 34.0 Å². The van der Waals surface area contributed by atoms with E-state index in [9.17, 15) is 29.7 Å². The molecule has 10 nitrogen and oxygen atoms in total. The molecule has 1 amide bonds. The van der Waals surface area contributed by atoms with Crippen molar-refractivity contribution in [3.8, 4) is 40.1 Å². The van der Waals surface area contributed by atoms with Crippen molar-refractivity contribution in [2.24, 2.45) is 5.73 Å². The number of amides is 1. The number of rotatable bonds is 5. The molecule has 182 valence electrons. The van der Waals surface area contributed by atoms with Crippen LogP contribution in [-0.2, 0) is 9.59 Å². The Morgan fingerprint density at radius 1 is 1.00 bits per heavy atom. The molecule has 10 heteroatoms. The molecular formula is C26H19NO9. The number of fused-ring (bicyclic) bond motifs is 3. The highest BCUT2D eigenvalue weighted by Gasteiger charge is 2.34. The molecule has 0 spiro atoms. The summed E-state index contributed by atoms with van der Waals surface area (Å²) in [6, 6.07) is 12.9. The summed E-state index contributed by atoms with van der Waals surface area (Å²) >= 11 is 0. The Bertz CT molecular complexity index is 1610. The van der Waals surface area contributed by atoms with Crippen LogP contribution in [0.2, 0.25) is 0 Å². The van der Waals surface area contributed by atoms with Crippen molar-refractivity contribution in [2.75, 3.05) is 6.61 Å². The number of nitrogens with two attached hydrogens (primary N) is 1. The number of benzene rings is 3. The van der Waals surface area contributed by atoms with Gasteiger partial charge in [-0.15, -0.1) is 0 Å². The molecule has 0 saturated heterocycles. The van der Waals surface area contributed by atoms with Gasteiger partial charge >= 0.3 is 5.97 Å². The standard InChI is InChI=1S/C26H19NO9/c27-22(32)11-34-14-3-1-2-12(6-14)15-8-23(33)35-21-10-19(31)25-18(30)9-20(36-26(25)24(15)21)13-4-5-16(28)17(29)7-13/h1-7,9-10,15,28-29,31H,8,11H2,(H2,27,32). The summed E-state index contributed by atoms with van der Waals surface area (Å²) in [7, 11) is 0. The van der Waals surface area contributed by atoms with Crippen LogP contribution >= 0.6 is 0 Å². The predicted octanol–water partition coefficient (Wildman–Crippen LogP) is 2.88. The van der Waals surface area contributed by atoms with Crippen LogP contribution in [0.1, 0.15) is 23.5 Å². The number of carbonyl (C=O) groups is 2. The van der Waals surface area contributed by atoms with Crippen molar-refractivity contribution in [3.63, 3.8) is 0 Å². The average Bonchev–Trinajstić information content (AvgIpc) is 2.83. The molecule has 36 heavy (non-hydrogen) atoms. The van der Waals surface area contributed by atoms with Gasteiger partial charge in [-0.05, 0) is 35.9 Å². The van der Waals surface area contributed by atoms with E-state index in [1.54, 1.807) is 24.3 Å². The summed E-state index contributed by atoms with van der Waals surface area (Å²) in [6.07, 6.45) is -0.0971. The number of esters is 1. The van der Waals surface area contributed by atoms with E-state index in [4.69, 9.17) is 19.6 Å². The van der Waals surface area contributed by atoms with Gasteiger partial charge in [-0.3, -0.25) is 14.4 Å². The Kier molecular flexibility index (Phi) is 5.48. The average molecular weight is 489 g/mol. The topological polar surface area (TPSA) is 170 Å². The van der Waals surface area contributed by atoms with Gasteiger partial charge in [0.25, 0.3) is 5.91 Å². The van der Waals surface area contributed by atoms with Gasteiger partial charge in [0.2, 0.25) is 0 Å². The zero-order valence-electron chi connectivity index (χ0n) is 18.6. The van der Waals surface area contributed by atoms with Crippen LogP contribution in [0.25, 0.3) is 22.3 Å². The first kappa shape index (κ1) is 22.8. The Balaban J connectivity index is 1.73. The number of hydrogen-bond acceptors (Lipinski definition) is 9. The molecule has 0 radical (unpaired) electrons. The highest BCUT2D eigenvalue weighted by molar-refractivity contribution is 5.93. The van der Waals surface area contributed by atoms with Crippen molar-refractivity contribution >= 4 is 22.8 Å². The molecule has 4 aromatic rings. The summed E-state index contributed by atoms with van der Waals surface area (Å²) in [5, 5.41) is 30.0. The zero-order chi connectivity index (χ0) is 25.6. The number of aromatic hydroxyl groups is 3. The highest BCUT2D eigenvalue weighted by Crippen LogP contribution is 2.46. The third kappa shape index (κ3) is 4.05. The maximum atomic E-state index is 13.0. The molecule has 0 fully saturated rings. The lowest BCUT2D eigenvalue weighted by Gasteiger charge is -2.26. The monoisotopic (exact) mass is 489 g/mol.